The lowest BCUT2D eigenvalue weighted by atomic mass is 9.77. The first-order chi connectivity index (χ1) is 37.0. The van der Waals surface area contributed by atoms with E-state index in [1.165, 1.54) is 4.57 Å². The van der Waals surface area contributed by atoms with Crippen molar-refractivity contribution in [3.63, 3.8) is 0 Å². The third-order valence-corrected chi connectivity index (χ3v) is 15.8. The minimum atomic E-state index is -1.71. The van der Waals surface area contributed by atoms with Gasteiger partial charge in [0.25, 0.3) is 8.53 Å². The van der Waals surface area contributed by atoms with Crippen LogP contribution < -0.4 is 30.5 Å². The largest absolute Gasteiger partial charge is 0.497 e. The van der Waals surface area contributed by atoms with E-state index in [-0.39, 0.29) is 38.1 Å². The highest BCUT2D eigenvalue weighted by atomic mass is 31.2. The molecule has 76 heavy (non-hydrogen) atoms. The molecule has 15 heteroatoms. The second kappa shape index (κ2) is 26.2. The van der Waals surface area contributed by atoms with E-state index in [0.29, 0.717) is 30.4 Å². The number of hydrogen-bond acceptors (Lipinski definition) is 13. The van der Waals surface area contributed by atoms with Crippen LogP contribution in [0.5, 0.6) is 17.2 Å². The van der Waals surface area contributed by atoms with Crippen molar-refractivity contribution in [2.24, 2.45) is 0 Å². The number of anilines is 1. The SMILES string of the molecule is COc1ccc(C(NCCNc2ccn([C@H]3C[C@H](OP(OCCC#N)N(C(C)C)C(C)C)[C@@H](COC(c4ccccc4)(c4ccc(OC)cc4)c4ccc(OC)cc4)O3)c(=O)n2)(c2ccccc2)c2ccccc2)cc1. The number of rotatable bonds is 26. The first kappa shape index (κ1) is 55.3. The van der Waals surface area contributed by atoms with Crippen LogP contribution in [0.4, 0.5) is 5.82 Å². The second-order valence-corrected chi connectivity index (χ2v) is 20.3. The van der Waals surface area contributed by atoms with Crippen LogP contribution in [0.25, 0.3) is 0 Å². The maximum atomic E-state index is 14.3. The fraction of sp³-hybridized carbons (Fsp3) is 0.328. The summed E-state index contributed by atoms with van der Waals surface area (Å²) in [6.45, 7) is 9.58. The van der Waals surface area contributed by atoms with Gasteiger partial charge in [-0.25, -0.2) is 9.46 Å². The molecule has 396 valence electrons. The number of benzene rings is 6. The Labute approximate surface area is 448 Å². The molecule has 0 bridgehead atoms. The number of nitrogens with zero attached hydrogens (tertiary/aromatic N) is 4. The summed E-state index contributed by atoms with van der Waals surface area (Å²) in [6.07, 6.45) is 0.113. The number of methoxy groups -OCH3 is 3. The summed E-state index contributed by atoms with van der Waals surface area (Å²) >= 11 is 0. The van der Waals surface area contributed by atoms with Crippen LogP contribution in [-0.4, -0.2) is 86.1 Å². The molecule has 7 aromatic rings. The topological polar surface area (TPSA) is 151 Å². The van der Waals surface area contributed by atoms with Gasteiger partial charge >= 0.3 is 5.69 Å². The molecular weight excluding hydrogens is 976 g/mol. The van der Waals surface area contributed by atoms with Gasteiger partial charge in [0, 0.05) is 37.8 Å². The molecule has 6 aromatic carbocycles. The van der Waals surface area contributed by atoms with Crippen LogP contribution in [0.15, 0.2) is 181 Å². The van der Waals surface area contributed by atoms with E-state index in [2.05, 4.69) is 90.5 Å². The predicted octanol–water partition coefficient (Wildman–Crippen LogP) is 11.2. The van der Waals surface area contributed by atoms with Gasteiger partial charge in [0.1, 0.15) is 41.0 Å². The van der Waals surface area contributed by atoms with Crippen molar-refractivity contribution < 1.29 is 32.7 Å². The quantitative estimate of drug-likeness (QED) is 0.0301. The molecule has 1 fully saturated rings. The van der Waals surface area contributed by atoms with Crippen molar-refractivity contribution in [3.05, 3.63) is 220 Å². The Bertz CT molecular complexity index is 2880. The highest BCUT2D eigenvalue weighted by Gasteiger charge is 2.45. The average molecular weight is 1050 g/mol. The fourth-order valence-corrected chi connectivity index (χ4v) is 11.8. The first-order valence-corrected chi connectivity index (χ1v) is 26.9. The Kier molecular flexibility index (Phi) is 19.1. The molecule has 4 atom stereocenters. The fourth-order valence-electron chi connectivity index (χ4n) is 10.0. The summed E-state index contributed by atoms with van der Waals surface area (Å²) in [7, 11) is 3.24. The lowest BCUT2D eigenvalue weighted by Crippen LogP contribution is -2.46. The smallest absolute Gasteiger partial charge is 0.351 e. The maximum Gasteiger partial charge on any atom is 0.351 e. The minimum absolute atomic E-state index is 0.0393. The Morgan fingerprint density at radius 3 is 1.63 bits per heavy atom. The van der Waals surface area contributed by atoms with Gasteiger partial charge in [-0.3, -0.25) is 9.88 Å². The van der Waals surface area contributed by atoms with Crippen molar-refractivity contribution in [2.75, 3.05) is 52.9 Å². The van der Waals surface area contributed by atoms with E-state index < -0.39 is 43.8 Å². The number of nitriles is 1. The number of ether oxygens (including phenoxy) is 5. The van der Waals surface area contributed by atoms with Gasteiger partial charge in [-0.15, -0.1) is 0 Å². The summed E-state index contributed by atoms with van der Waals surface area (Å²) in [5.41, 5.74) is 3.44. The van der Waals surface area contributed by atoms with Crippen LogP contribution in [-0.2, 0) is 29.7 Å². The normalized spacial score (nSPS) is 16.1. The summed E-state index contributed by atoms with van der Waals surface area (Å²) in [4.78, 5) is 18.8. The Morgan fingerprint density at radius 1 is 0.684 bits per heavy atom. The summed E-state index contributed by atoms with van der Waals surface area (Å²) in [5, 5.41) is 16.8. The van der Waals surface area contributed by atoms with Crippen LogP contribution >= 0.6 is 8.53 Å². The molecule has 1 unspecified atom stereocenters. The van der Waals surface area contributed by atoms with E-state index >= 15 is 0 Å². The van der Waals surface area contributed by atoms with Gasteiger partial charge in [-0.2, -0.15) is 10.2 Å². The van der Waals surface area contributed by atoms with E-state index in [9.17, 15) is 10.1 Å². The lowest BCUT2D eigenvalue weighted by Gasteiger charge is -2.39. The molecule has 0 spiro atoms. The van der Waals surface area contributed by atoms with E-state index in [1.54, 1.807) is 33.6 Å². The van der Waals surface area contributed by atoms with Crippen molar-refractivity contribution in [1.29, 1.82) is 5.26 Å². The van der Waals surface area contributed by atoms with Crippen LogP contribution in [0.1, 0.15) is 80.1 Å². The summed E-state index contributed by atoms with van der Waals surface area (Å²) in [6, 6.07) is 58.8. The average Bonchev–Trinajstić information content (AvgIpc) is 3.90. The van der Waals surface area contributed by atoms with Gasteiger partial charge in [0.2, 0.25) is 0 Å². The van der Waals surface area contributed by atoms with Crippen LogP contribution in [0.3, 0.4) is 0 Å². The zero-order valence-corrected chi connectivity index (χ0v) is 45.3. The molecule has 8 rings (SSSR count). The molecular formula is C61H69N6O8P. The minimum Gasteiger partial charge on any atom is -0.497 e. The van der Waals surface area contributed by atoms with Gasteiger partial charge in [0.05, 0.1) is 58.7 Å². The molecule has 1 saturated heterocycles. The molecule has 0 aliphatic carbocycles. The molecule has 0 saturated carbocycles. The zero-order valence-electron chi connectivity index (χ0n) is 44.4. The third kappa shape index (κ3) is 12.5. The predicted molar refractivity (Wildman–Crippen MR) is 298 cm³/mol. The van der Waals surface area contributed by atoms with Gasteiger partial charge < -0.3 is 38.0 Å². The number of nitrogens with one attached hydrogen (secondary N) is 2. The van der Waals surface area contributed by atoms with Gasteiger partial charge in [0.15, 0.2) is 0 Å². The van der Waals surface area contributed by atoms with Crippen molar-refractivity contribution in [1.82, 2.24) is 19.5 Å². The molecule has 2 N–H and O–H groups in total. The second-order valence-electron chi connectivity index (χ2n) is 18.9. The highest BCUT2D eigenvalue weighted by molar-refractivity contribution is 7.44. The Hall–Kier alpha value is -6.92. The molecule has 1 aromatic heterocycles. The number of hydrogen-bond donors (Lipinski definition) is 2. The van der Waals surface area contributed by atoms with E-state index in [4.69, 9.17) is 32.7 Å². The summed E-state index contributed by atoms with van der Waals surface area (Å²) in [5.74, 6) is 2.60. The van der Waals surface area contributed by atoms with Crippen molar-refractivity contribution in [2.45, 2.75) is 82.2 Å². The van der Waals surface area contributed by atoms with E-state index in [0.717, 1.165) is 39.1 Å². The molecule has 14 nitrogen and oxygen atoms in total. The maximum absolute atomic E-state index is 14.3. The van der Waals surface area contributed by atoms with E-state index in [1.807, 2.05) is 127 Å². The summed E-state index contributed by atoms with van der Waals surface area (Å²) < 4.78 is 48.3. The Morgan fingerprint density at radius 2 is 1.16 bits per heavy atom. The standard InChI is InChI=1S/C61H69N6O8P/c1-44(2)67(45(3)4)76(73-41-17-37-62)75-55-42-58(74-56(55)43-72-61(49-22-15-10-16-23-49,50-26-32-53(70-6)33-27-50)51-28-34-54(71-7)35-29-51)66-40-36-57(65-59(66)68)63-38-39-64-60(46-18-11-8-12-19-46,47-20-13-9-14-21-47)48-24-30-52(69-5)31-25-48/h8-16,18-36,40,44-45,55-56,58,64H,17,38-39,41-43H2,1-7H3,(H,63,65,68)/t55-,56+,58+,76?/m0/s1. The molecule has 2 heterocycles. The third-order valence-electron chi connectivity index (χ3n) is 13.6. The van der Waals surface area contributed by atoms with Crippen LogP contribution in [0.2, 0.25) is 0 Å². The van der Waals surface area contributed by atoms with Gasteiger partial charge in [-0.05, 0) is 104 Å². The zero-order chi connectivity index (χ0) is 53.5. The van der Waals surface area contributed by atoms with Crippen molar-refractivity contribution in [3.8, 4) is 23.3 Å². The molecule has 0 amide bonds. The van der Waals surface area contributed by atoms with Crippen LogP contribution in [0, 0.1) is 11.3 Å². The highest BCUT2D eigenvalue weighted by Crippen LogP contribution is 2.51. The monoisotopic (exact) mass is 1040 g/mol. The molecule has 1 aliphatic heterocycles. The van der Waals surface area contributed by atoms with Crippen molar-refractivity contribution >= 4 is 14.3 Å². The molecule has 1 aliphatic rings. The number of aromatic nitrogens is 2. The lowest BCUT2D eigenvalue weighted by molar-refractivity contribution is -0.0925. The first-order valence-electron chi connectivity index (χ1n) is 25.8. The Balaban J connectivity index is 1.09. The molecule has 0 radical (unpaired) electrons. The van der Waals surface area contributed by atoms with Gasteiger partial charge in [-0.1, -0.05) is 127 Å².